The van der Waals surface area contributed by atoms with Gasteiger partial charge in [-0.25, -0.2) is 0 Å². The highest BCUT2D eigenvalue weighted by Gasteiger charge is 2.18. The number of amides is 1. The van der Waals surface area contributed by atoms with Gasteiger partial charge in [0.15, 0.2) is 0 Å². The van der Waals surface area contributed by atoms with Crippen molar-refractivity contribution in [2.45, 2.75) is 6.10 Å². The first-order valence-electron chi connectivity index (χ1n) is 5.46. The molecule has 1 rings (SSSR count). The van der Waals surface area contributed by atoms with Crippen LogP contribution in [0.4, 0.5) is 5.69 Å². The van der Waals surface area contributed by atoms with E-state index in [0.717, 1.165) is 0 Å². The van der Waals surface area contributed by atoms with E-state index in [-0.39, 0.29) is 36.1 Å². The van der Waals surface area contributed by atoms with Gasteiger partial charge >= 0.3 is 0 Å². The van der Waals surface area contributed by atoms with Crippen LogP contribution in [0.5, 0.6) is 5.75 Å². The lowest BCUT2D eigenvalue weighted by atomic mass is 10.1. The Morgan fingerprint density at radius 1 is 1.56 bits per heavy atom. The lowest BCUT2D eigenvalue weighted by Gasteiger charge is -2.21. The molecule has 1 aromatic rings. The predicted molar refractivity (Wildman–Crippen MR) is 67.4 cm³/mol. The number of phenolic OH excluding ortho intramolecular Hbond substituents is 1. The molecule has 1 amide bonds. The van der Waals surface area contributed by atoms with Gasteiger partial charge in [-0.05, 0) is 18.2 Å². The van der Waals surface area contributed by atoms with E-state index < -0.39 is 6.10 Å². The predicted octanol–water partition coefficient (Wildman–Crippen LogP) is 0.0537. The summed E-state index contributed by atoms with van der Waals surface area (Å²) in [6.07, 6.45) is -0.762. The van der Waals surface area contributed by atoms with Crippen LogP contribution in [0.15, 0.2) is 18.2 Å². The van der Waals surface area contributed by atoms with Crippen LogP contribution in [-0.4, -0.2) is 54.4 Å². The number of likely N-dealkylation sites (N-methyl/N-ethyl adjacent to an activating group) is 1. The molecular formula is C12H18N2O4. The lowest BCUT2D eigenvalue weighted by Crippen LogP contribution is -2.36. The second-order valence-electron chi connectivity index (χ2n) is 4.07. The van der Waals surface area contributed by atoms with E-state index in [9.17, 15) is 15.0 Å². The molecule has 1 unspecified atom stereocenters. The number of nitrogens with two attached hydrogens (primary N) is 1. The zero-order valence-corrected chi connectivity index (χ0v) is 10.5. The first kappa shape index (κ1) is 14.3. The normalized spacial score (nSPS) is 12.2. The molecule has 4 N–H and O–H groups in total. The number of carbonyl (C=O) groups excluding carboxylic acids is 1. The lowest BCUT2D eigenvalue weighted by molar-refractivity contribution is 0.0380. The zero-order chi connectivity index (χ0) is 13.7. The molecule has 0 spiro atoms. The van der Waals surface area contributed by atoms with Crippen molar-refractivity contribution in [1.82, 2.24) is 4.90 Å². The van der Waals surface area contributed by atoms with Gasteiger partial charge < -0.3 is 25.6 Å². The topological polar surface area (TPSA) is 96.0 Å². The standard InChI is InChI=1S/C12H18N2O4/c1-14(6-9(16)7-18-2)12(17)10-5-8(15)3-4-11(10)13/h3-5,9,15-16H,6-7,13H2,1-2H3. The van der Waals surface area contributed by atoms with Crippen LogP contribution in [0.3, 0.4) is 0 Å². The van der Waals surface area contributed by atoms with Gasteiger partial charge in [0.05, 0.1) is 18.3 Å². The molecule has 0 fully saturated rings. The number of rotatable bonds is 5. The Bertz CT molecular complexity index is 423. The molecule has 1 aromatic carbocycles. The van der Waals surface area contributed by atoms with Gasteiger partial charge in [0.1, 0.15) is 5.75 Å². The number of aliphatic hydroxyl groups is 1. The number of carbonyl (C=O) groups is 1. The van der Waals surface area contributed by atoms with Crippen LogP contribution in [0.2, 0.25) is 0 Å². The molecule has 1 atom stereocenters. The second kappa shape index (κ2) is 6.23. The number of benzene rings is 1. The van der Waals surface area contributed by atoms with Gasteiger partial charge in [0.25, 0.3) is 5.91 Å². The SMILES string of the molecule is COCC(O)CN(C)C(=O)c1cc(O)ccc1N. The number of aromatic hydroxyl groups is 1. The molecule has 0 saturated heterocycles. The summed E-state index contributed by atoms with van der Waals surface area (Å²) in [6.45, 7) is 0.273. The number of nitrogen functional groups attached to an aromatic ring is 1. The highest BCUT2D eigenvalue weighted by atomic mass is 16.5. The third kappa shape index (κ3) is 3.61. The minimum Gasteiger partial charge on any atom is -0.508 e. The van der Waals surface area contributed by atoms with E-state index in [2.05, 4.69) is 0 Å². The Kier molecular flexibility index (Phi) is 4.94. The van der Waals surface area contributed by atoms with Crippen molar-refractivity contribution >= 4 is 11.6 Å². The molecule has 0 bridgehead atoms. The van der Waals surface area contributed by atoms with Crippen LogP contribution in [0.1, 0.15) is 10.4 Å². The van der Waals surface area contributed by atoms with E-state index >= 15 is 0 Å². The van der Waals surface area contributed by atoms with Gasteiger partial charge in [-0.1, -0.05) is 0 Å². The number of hydrogen-bond donors (Lipinski definition) is 3. The van der Waals surface area contributed by atoms with E-state index in [1.807, 2.05) is 0 Å². The van der Waals surface area contributed by atoms with Crippen LogP contribution in [-0.2, 0) is 4.74 Å². The van der Waals surface area contributed by atoms with Crippen LogP contribution in [0, 0.1) is 0 Å². The maximum atomic E-state index is 12.0. The molecule has 100 valence electrons. The number of methoxy groups -OCH3 is 1. The average molecular weight is 254 g/mol. The Morgan fingerprint density at radius 3 is 2.83 bits per heavy atom. The summed E-state index contributed by atoms with van der Waals surface area (Å²) >= 11 is 0. The monoisotopic (exact) mass is 254 g/mol. The van der Waals surface area contributed by atoms with Crippen molar-refractivity contribution in [2.24, 2.45) is 0 Å². The molecule has 0 radical (unpaired) electrons. The third-order valence-corrected chi connectivity index (χ3v) is 2.46. The summed E-state index contributed by atoms with van der Waals surface area (Å²) in [4.78, 5) is 13.4. The van der Waals surface area contributed by atoms with Crippen LogP contribution < -0.4 is 5.73 Å². The highest BCUT2D eigenvalue weighted by Crippen LogP contribution is 2.19. The molecule has 0 aliphatic carbocycles. The summed E-state index contributed by atoms with van der Waals surface area (Å²) in [6, 6.07) is 4.17. The van der Waals surface area contributed by atoms with E-state index in [4.69, 9.17) is 10.5 Å². The molecule has 0 saturated carbocycles. The third-order valence-electron chi connectivity index (χ3n) is 2.46. The van der Waals surface area contributed by atoms with Gasteiger partial charge in [-0.15, -0.1) is 0 Å². The number of phenols is 1. The fraction of sp³-hybridized carbons (Fsp3) is 0.417. The number of nitrogens with zero attached hydrogens (tertiary/aromatic N) is 1. The molecule has 18 heavy (non-hydrogen) atoms. The van der Waals surface area contributed by atoms with Gasteiger partial charge in [-0.3, -0.25) is 4.79 Å². The van der Waals surface area contributed by atoms with E-state index in [1.54, 1.807) is 7.05 Å². The molecule has 0 aliphatic rings. The van der Waals surface area contributed by atoms with Crippen molar-refractivity contribution in [3.05, 3.63) is 23.8 Å². The quantitative estimate of drug-likeness (QED) is 0.510. The number of aliphatic hydroxyl groups excluding tert-OH is 1. The number of hydrogen-bond acceptors (Lipinski definition) is 5. The maximum absolute atomic E-state index is 12.0. The summed E-state index contributed by atoms with van der Waals surface area (Å²) in [5.41, 5.74) is 6.17. The zero-order valence-electron chi connectivity index (χ0n) is 10.5. The summed E-state index contributed by atoms with van der Waals surface area (Å²) < 4.78 is 4.78. The first-order chi connectivity index (χ1) is 8.45. The number of ether oxygens (including phenoxy) is 1. The second-order valence-corrected chi connectivity index (χ2v) is 4.07. The fourth-order valence-corrected chi connectivity index (χ4v) is 1.58. The molecule has 6 nitrogen and oxygen atoms in total. The Morgan fingerprint density at radius 2 is 2.22 bits per heavy atom. The summed E-state index contributed by atoms with van der Waals surface area (Å²) in [7, 11) is 3.02. The molecule has 0 aromatic heterocycles. The van der Waals surface area contributed by atoms with Crippen LogP contribution in [0.25, 0.3) is 0 Å². The van der Waals surface area contributed by atoms with Crippen molar-refractivity contribution in [3.8, 4) is 5.75 Å². The van der Waals surface area contributed by atoms with Crippen molar-refractivity contribution in [3.63, 3.8) is 0 Å². The molecular weight excluding hydrogens is 236 g/mol. The Balaban J connectivity index is 2.77. The van der Waals surface area contributed by atoms with E-state index in [1.165, 1.54) is 30.2 Å². The summed E-state index contributed by atoms with van der Waals surface area (Å²) in [5, 5.41) is 18.9. The van der Waals surface area contributed by atoms with E-state index in [0.29, 0.717) is 0 Å². The van der Waals surface area contributed by atoms with Crippen LogP contribution >= 0.6 is 0 Å². The molecule has 0 aliphatic heterocycles. The number of anilines is 1. The fourth-order valence-electron chi connectivity index (χ4n) is 1.58. The maximum Gasteiger partial charge on any atom is 0.255 e. The smallest absolute Gasteiger partial charge is 0.255 e. The van der Waals surface area contributed by atoms with Crippen molar-refractivity contribution in [2.75, 3.05) is 33.0 Å². The van der Waals surface area contributed by atoms with Gasteiger partial charge in [0.2, 0.25) is 0 Å². The van der Waals surface area contributed by atoms with Crippen molar-refractivity contribution < 1.29 is 19.7 Å². The minimum atomic E-state index is -0.762. The summed E-state index contributed by atoms with van der Waals surface area (Å²) in [5.74, 6) is -0.392. The van der Waals surface area contributed by atoms with Gasteiger partial charge in [0, 0.05) is 26.4 Å². The largest absolute Gasteiger partial charge is 0.508 e. The first-order valence-corrected chi connectivity index (χ1v) is 5.46. The minimum absolute atomic E-state index is 0.0293. The van der Waals surface area contributed by atoms with Crippen molar-refractivity contribution in [1.29, 1.82) is 0 Å². The molecule has 6 heteroatoms. The highest BCUT2D eigenvalue weighted by molar-refractivity contribution is 5.99. The molecule has 0 heterocycles. The van der Waals surface area contributed by atoms with Gasteiger partial charge in [-0.2, -0.15) is 0 Å². The average Bonchev–Trinajstić information content (AvgIpc) is 2.31. The Hall–Kier alpha value is -1.79. The Labute approximate surface area is 106 Å².